The predicted molar refractivity (Wildman–Crippen MR) is 78.9 cm³/mol. The van der Waals surface area contributed by atoms with E-state index in [0.717, 1.165) is 25.8 Å². The predicted octanol–water partition coefficient (Wildman–Crippen LogP) is 0.514. The van der Waals surface area contributed by atoms with Crippen LogP contribution >= 0.6 is 0 Å². The molecule has 20 heavy (non-hydrogen) atoms. The molecule has 5 N–H and O–H groups in total. The van der Waals surface area contributed by atoms with E-state index in [1.165, 1.54) is 0 Å². The highest BCUT2D eigenvalue weighted by Gasteiger charge is 2.28. The molecular weight excluding hydrogens is 256 g/mol. The van der Waals surface area contributed by atoms with Crippen LogP contribution in [0.25, 0.3) is 0 Å². The van der Waals surface area contributed by atoms with Crippen LogP contribution in [0.1, 0.15) is 33.1 Å². The van der Waals surface area contributed by atoms with Gasteiger partial charge in [0.05, 0.1) is 5.92 Å². The molecular formula is C14H28N4O2. The van der Waals surface area contributed by atoms with Gasteiger partial charge < -0.3 is 21.7 Å². The quantitative estimate of drug-likeness (QED) is 0.662. The summed E-state index contributed by atoms with van der Waals surface area (Å²) in [4.78, 5) is 25.1. The molecule has 0 saturated carbocycles. The van der Waals surface area contributed by atoms with Gasteiger partial charge in [0, 0.05) is 26.2 Å². The molecule has 0 aliphatic carbocycles. The molecule has 0 radical (unpaired) electrons. The van der Waals surface area contributed by atoms with E-state index in [-0.39, 0.29) is 17.7 Å². The Morgan fingerprint density at radius 3 is 2.65 bits per heavy atom. The van der Waals surface area contributed by atoms with Crippen LogP contribution in [-0.4, -0.2) is 43.0 Å². The van der Waals surface area contributed by atoms with Crippen molar-refractivity contribution < 1.29 is 9.59 Å². The normalized spacial score (nSPS) is 20.8. The minimum atomic E-state index is -0.506. The first-order chi connectivity index (χ1) is 9.43. The van der Waals surface area contributed by atoms with Gasteiger partial charge in [-0.1, -0.05) is 13.8 Å². The van der Waals surface area contributed by atoms with E-state index >= 15 is 0 Å². The zero-order valence-electron chi connectivity index (χ0n) is 12.6. The van der Waals surface area contributed by atoms with Gasteiger partial charge in [-0.05, 0) is 31.1 Å². The number of nitrogens with one attached hydrogen (secondary N) is 1. The summed E-state index contributed by atoms with van der Waals surface area (Å²) >= 11 is 0. The topological polar surface area (TPSA) is 101 Å². The fourth-order valence-corrected chi connectivity index (χ4v) is 2.80. The van der Waals surface area contributed by atoms with Crippen molar-refractivity contribution in [2.45, 2.75) is 33.1 Å². The van der Waals surface area contributed by atoms with Crippen molar-refractivity contribution in [2.24, 2.45) is 29.2 Å². The molecule has 116 valence electrons. The second kappa shape index (κ2) is 8.09. The van der Waals surface area contributed by atoms with Crippen molar-refractivity contribution in [3.8, 4) is 0 Å². The number of amides is 3. The van der Waals surface area contributed by atoms with Gasteiger partial charge >= 0.3 is 6.03 Å². The lowest BCUT2D eigenvalue weighted by Gasteiger charge is -2.35. The number of nitrogens with zero attached hydrogens (tertiary/aromatic N) is 1. The standard InChI is InChI=1S/C14H28N4O2/c1-10(2)6-12(7-15)13(19)18-5-3-4-11(9-18)8-17-14(16)20/h10-12H,3-9,15H2,1-2H3,(H3,16,17,20). The molecule has 1 aliphatic heterocycles. The number of urea groups is 1. The van der Waals surface area contributed by atoms with Crippen LogP contribution < -0.4 is 16.8 Å². The molecule has 1 aliphatic rings. The van der Waals surface area contributed by atoms with Gasteiger partial charge in [-0.15, -0.1) is 0 Å². The molecule has 1 heterocycles. The van der Waals surface area contributed by atoms with E-state index in [9.17, 15) is 9.59 Å². The minimum Gasteiger partial charge on any atom is -0.352 e. The highest BCUT2D eigenvalue weighted by atomic mass is 16.2. The zero-order valence-corrected chi connectivity index (χ0v) is 12.6. The zero-order chi connectivity index (χ0) is 15.1. The summed E-state index contributed by atoms with van der Waals surface area (Å²) in [5, 5.41) is 2.63. The lowest BCUT2D eigenvalue weighted by Crippen LogP contribution is -2.47. The van der Waals surface area contributed by atoms with Gasteiger partial charge in [-0.2, -0.15) is 0 Å². The fourth-order valence-electron chi connectivity index (χ4n) is 2.80. The van der Waals surface area contributed by atoms with Gasteiger partial charge in [0.15, 0.2) is 0 Å². The molecule has 0 spiro atoms. The van der Waals surface area contributed by atoms with E-state index in [0.29, 0.717) is 25.6 Å². The largest absolute Gasteiger partial charge is 0.352 e. The van der Waals surface area contributed by atoms with Gasteiger partial charge in [0.25, 0.3) is 0 Å². The Morgan fingerprint density at radius 2 is 2.10 bits per heavy atom. The minimum absolute atomic E-state index is 0.0853. The van der Waals surface area contributed by atoms with Crippen LogP contribution in [0.15, 0.2) is 0 Å². The van der Waals surface area contributed by atoms with Crippen molar-refractivity contribution in [3.05, 3.63) is 0 Å². The first-order valence-electron chi connectivity index (χ1n) is 7.46. The monoisotopic (exact) mass is 284 g/mol. The second-order valence-electron chi connectivity index (χ2n) is 6.10. The molecule has 2 atom stereocenters. The Kier molecular flexibility index (Phi) is 6.78. The van der Waals surface area contributed by atoms with Gasteiger partial charge in [-0.25, -0.2) is 4.79 Å². The van der Waals surface area contributed by atoms with Crippen LogP contribution in [0.4, 0.5) is 4.79 Å². The van der Waals surface area contributed by atoms with Crippen molar-refractivity contribution in [1.82, 2.24) is 10.2 Å². The van der Waals surface area contributed by atoms with E-state index in [1.54, 1.807) is 0 Å². The molecule has 6 heteroatoms. The average Bonchev–Trinajstić information content (AvgIpc) is 2.42. The molecule has 3 amide bonds. The fraction of sp³-hybridized carbons (Fsp3) is 0.857. The Bertz CT molecular complexity index is 333. The summed E-state index contributed by atoms with van der Waals surface area (Å²) in [7, 11) is 0. The number of nitrogens with two attached hydrogens (primary N) is 2. The number of carbonyl (C=O) groups excluding carboxylic acids is 2. The highest BCUT2D eigenvalue weighted by molar-refractivity contribution is 5.79. The van der Waals surface area contributed by atoms with Gasteiger partial charge in [-0.3, -0.25) is 4.79 Å². The molecule has 0 bridgehead atoms. The smallest absolute Gasteiger partial charge is 0.312 e. The highest BCUT2D eigenvalue weighted by Crippen LogP contribution is 2.20. The first kappa shape index (κ1) is 16.8. The summed E-state index contributed by atoms with van der Waals surface area (Å²) in [6, 6.07) is -0.506. The number of rotatable bonds is 6. The third-order valence-electron chi connectivity index (χ3n) is 3.79. The Morgan fingerprint density at radius 1 is 1.40 bits per heavy atom. The maximum Gasteiger partial charge on any atom is 0.312 e. The Labute approximate surface area is 121 Å². The third kappa shape index (κ3) is 5.36. The molecule has 6 nitrogen and oxygen atoms in total. The Balaban J connectivity index is 2.52. The maximum absolute atomic E-state index is 12.5. The molecule has 1 rings (SSSR count). The van der Waals surface area contributed by atoms with Crippen molar-refractivity contribution >= 4 is 11.9 Å². The van der Waals surface area contributed by atoms with Crippen molar-refractivity contribution in [2.75, 3.05) is 26.2 Å². The molecule has 0 aromatic heterocycles. The van der Waals surface area contributed by atoms with Gasteiger partial charge in [0.1, 0.15) is 0 Å². The summed E-state index contributed by atoms with van der Waals surface area (Å²) < 4.78 is 0. The lowest BCUT2D eigenvalue weighted by atomic mass is 9.93. The third-order valence-corrected chi connectivity index (χ3v) is 3.79. The van der Waals surface area contributed by atoms with Crippen molar-refractivity contribution in [3.63, 3.8) is 0 Å². The van der Waals surface area contributed by atoms with Crippen LogP contribution in [0, 0.1) is 17.8 Å². The van der Waals surface area contributed by atoms with E-state index < -0.39 is 6.03 Å². The number of piperidine rings is 1. The number of hydrogen-bond donors (Lipinski definition) is 3. The molecule has 0 aromatic rings. The second-order valence-corrected chi connectivity index (χ2v) is 6.10. The molecule has 1 saturated heterocycles. The lowest BCUT2D eigenvalue weighted by molar-refractivity contribution is -0.137. The summed E-state index contributed by atoms with van der Waals surface area (Å²) in [6.07, 6.45) is 2.81. The number of carbonyl (C=O) groups is 2. The van der Waals surface area contributed by atoms with Crippen LogP contribution in [-0.2, 0) is 4.79 Å². The molecule has 1 fully saturated rings. The van der Waals surface area contributed by atoms with Crippen LogP contribution in [0.3, 0.4) is 0 Å². The van der Waals surface area contributed by atoms with E-state index in [2.05, 4.69) is 19.2 Å². The van der Waals surface area contributed by atoms with Crippen LogP contribution in [0.2, 0.25) is 0 Å². The van der Waals surface area contributed by atoms with Crippen molar-refractivity contribution in [1.29, 1.82) is 0 Å². The number of hydrogen-bond acceptors (Lipinski definition) is 3. The summed E-state index contributed by atoms with van der Waals surface area (Å²) in [5.74, 6) is 0.824. The van der Waals surface area contributed by atoms with Crippen LogP contribution in [0.5, 0.6) is 0 Å². The first-order valence-corrected chi connectivity index (χ1v) is 7.46. The van der Waals surface area contributed by atoms with Gasteiger partial charge in [0.2, 0.25) is 5.91 Å². The number of likely N-dealkylation sites (tertiary alicyclic amines) is 1. The Hall–Kier alpha value is -1.30. The molecule has 0 aromatic carbocycles. The molecule has 2 unspecified atom stereocenters. The average molecular weight is 284 g/mol. The van der Waals surface area contributed by atoms with E-state index in [4.69, 9.17) is 11.5 Å². The maximum atomic E-state index is 12.5. The van der Waals surface area contributed by atoms with E-state index in [1.807, 2.05) is 4.90 Å². The SMILES string of the molecule is CC(C)CC(CN)C(=O)N1CCCC(CNC(N)=O)C1. The summed E-state index contributed by atoms with van der Waals surface area (Å²) in [6.45, 7) is 6.62. The number of primary amides is 1. The summed E-state index contributed by atoms with van der Waals surface area (Å²) in [5.41, 5.74) is 10.8.